The van der Waals surface area contributed by atoms with Gasteiger partial charge < -0.3 is 41.2 Å². The van der Waals surface area contributed by atoms with Crippen molar-refractivity contribution in [3.05, 3.63) is 11.3 Å². The highest BCUT2D eigenvalue weighted by atomic mass is 19.4. The number of nitrogens with two attached hydrogens (primary N) is 2. The zero-order chi connectivity index (χ0) is 30.1. The van der Waals surface area contributed by atoms with Crippen molar-refractivity contribution in [2.24, 2.45) is 16.5 Å². The largest absolute Gasteiger partial charge is 0.491 e. The molecular formula is C25H41F3N4O8. The van der Waals surface area contributed by atoms with Crippen LogP contribution in [0.3, 0.4) is 0 Å². The molecule has 1 heterocycles. The zero-order valence-corrected chi connectivity index (χ0v) is 22.7. The maximum atomic E-state index is 12.8. The number of nitrogens with one attached hydrogen (secondary N) is 1. The molecule has 0 fully saturated rings. The number of hydrogen-bond acceptors (Lipinski definition) is 8. The van der Waals surface area contributed by atoms with Gasteiger partial charge in [0.05, 0.1) is 12.6 Å². The smallest absolute Gasteiger partial charge is 0.486 e. The summed E-state index contributed by atoms with van der Waals surface area (Å²) in [5.41, 5.74) is 10.6. The minimum Gasteiger partial charge on any atom is -0.486 e. The van der Waals surface area contributed by atoms with E-state index in [-0.39, 0.29) is 25.1 Å². The number of aliphatic hydroxyl groups is 1. The van der Waals surface area contributed by atoms with Crippen molar-refractivity contribution in [3.8, 4) is 0 Å². The number of unbranched alkanes of at least 4 members (excludes halogenated alkanes) is 9. The van der Waals surface area contributed by atoms with E-state index in [1.807, 2.05) is 0 Å². The van der Waals surface area contributed by atoms with Crippen LogP contribution in [0.5, 0.6) is 0 Å². The predicted octanol–water partition coefficient (Wildman–Crippen LogP) is 3.22. The van der Waals surface area contributed by atoms with Crippen molar-refractivity contribution in [1.82, 2.24) is 5.32 Å². The van der Waals surface area contributed by atoms with Gasteiger partial charge in [0.2, 0.25) is 5.76 Å². The molecule has 0 aromatic carbocycles. The molecule has 0 saturated heterocycles. The molecule has 0 saturated carbocycles. The first-order valence-corrected chi connectivity index (χ1v) is 13.4. The van der Waals surface area contributed by atoms with Crippen LogP contribution in [0.25, 0.3) is 0 Å². The summed E-state index contributed by atoms with van der Waals surface area (Å²) in [6, 6.07) is -0.997. The lowest BCUT2D eigenvalue weighted by Gasteiger charge is -2.29. The Morgan fingerprint density at radius 3 is 2.15 bits per heavy atom. The number of halogens is 3. The molecule has 7 N–H and O–H groups in total. The molecule has 12 nitrogen and oxygen atoms in total. The Kier molecular flexibility index (Phi) is 15.8. The van der Waals surface area contributed by atoms with E-state index in [2.05, 4.69) is 22.0 Å². The first-order chi connectivity index (χ1) is 18.9. The Hall–Kier alpha value is -3.23. The van der Waals surface area contributed by atoms with Gasteiger partial charge in [-0.3, -0.25) is 0 Å². The van der Waals surface area contributed by atoms with Crippen LogP contribution in [0.15, 0.2) is 16.3 Å². The van der Waals surface area contributed by atoms with E-state index in [1.165, 1.54) is 32.1 Å². The standard InChI is InChI=1S/C25H41F3N4O8/c1-2-3-4-5-6-7-8-9-10-11-13-31-24(37)40-21(39-22(36)25(26,27)28)18(33)15-16-17(32-23(29)30)12-14-38-19(16)20(34)35/h17-18,21,33H,2-15H2,1H3,(H,31,37)(H,34,35)(H4,29,30,32)/t17?,18?,21-/m1/s1. The second kappa shape index (κ2) is 18.2. The van der Waals surface area contributed by atoms with Crippen LogP contribution in [-0.2, 0) is 23.8 Å². The number of rotatable bonds is 18. The maximum Gasteiger partial charge on any atom is 0.491 e. The van der Waals surface area contributed by atoms with Crippen LogP contribution in [0.4, 0.5) is 18.0 Å². The van der Waals surface area contributed by atoms with Gasteiger partial charge in [-0.05, 0) is 6.42 Å². The number of guanidine groups is 1. The summed E-state index contributed by atoms with van der Waals surface area (Å²) >= 11 is 0. The second-order valence-electron chi connectivity index (χ2n) is 9.42. The molecule has 1 aliphatic rings. The number of ether oxygens (including phenoxy) is 3. The minimum atomic E-state index is -5.45. The summed E-state index contributed by atoms with van der Waals surface area (Å²) in [5, 5.41) is 22.4. The van der Waals surface area contributed by atoms with E-state index in [9.17, 15) is 37.8 Å². The fourth-order valence-corrected chi connectivity index (χ4v) is 4.07. The summed E-state index contributed by atoms with van der Waals surface area (Å²) in [6.07, 6.45) is -1.31. The number of carboxylic acid groups (broad SMARTS) is 1. The first-order valence-electron chi connectivity index (χ1n) is 13.4. The number of aliphatic carboxylic acids is 1. The fraction of sp³-hybridized carbons (Fsp3) is 0.760. The second-order valence-corrected chi connectivity index (χ2v) is 9.42. The van der Waals surface area contributed by atoms with Crippen LogP contribution in [-0.4, -0.2) is 72.0 Å². The van der Waals surface area contributed by atoms with Gasteiger partial charge in [-0.15, -0.1) is 0 Å². The zero-order valence-electron chi connectivity index (χ0n) is 22.7. The average molecular weight is 583 g/mol. The van der Waals surface area contributed by atoms with Crippen LogP contribution in [0, 0.1) is 0 Å². The van der Waals surface area contributed by atoms with Crippen LogP contribution < -0.4 is 16.8 Å². The quantitative estimate of drug-likeness (QED) is 0.0526. The molecule has 0 spiro atoms. The number of alkyl halides is 3. The van der Waals surface area contributed by atoms with E-state index >= 15 is 0 Å². The molecule has 2 unspecified atom stereocenters. The molecule has 1 aliphatic heterocycles. The van der Waals surface area contributed by atoms with Gasteiger partial charge in [0.25, 0.3) is 6.29 Å². The van der Waals surface area contributed by atoms with Crippen LogP contribution >= 0.6 is 0 Å². The molecule has 0 aromatic heterocycles. The molecule has 3 atom stereocenters. The Bertz CT molecular complexity index is 879. The van der Waals surface area contributed by atoms with E-state index < -0.39 is 60.8 Å². The summed E-state index contributed by atoms with van der Waals surface area (Å²) in [6.45, 7) is 2.21. The normalized spacial score (nSPS) is 16.9. The number of nitrogens with zero attached hydrogens (tertiary/aromatic N) is 1. The van der Waals surface area contributed by atoms with Crippen molar-refractivity contribution in [1.29, 1.82) is 0 Å². The lowest BCUT2D eigenvalue weighted by atomic mass is 9.95. The highest BCUT2D eigenvalue weighted by Gasteiger charge is 2.45. The van der Waals surface area contributed by atoms with Crippen molar-refractivity contribution in [3.63, 3.8) is 0 Å². The molecule has 1 rings (SSSR count). The van der Waals surface area contributed by atoms with Crippen molar-refractivity contribution >= 4 is 24.0 Å². The molecular weight excluding hydrogens is 541 g/mol. The average Bonchev–Trinajstić information content (AvgIpc) is 2.86. The molecule has 0 aliphatic carbocycles. The first kappa shape index (κ1) is 34.8. The number of alkyl carbamates (subject to hydrolysis) is 1. The van der Waals surface area contributed by atoms with Gasteiger partial charge in [-0.25, -0.2) is 19.4 Å². The van der Waals surface area contributed by atoms with Crippen LogP contribution in [0.1, 0.15) is 84.0 Å². The maximum absolute atomic E-state index is 12.8. The fourth-order valence-electron chi connectivity index (χ4n) is 4.07. The number of carbonyl (C=O) groups is 3. The van der Waals surface area contributed by atoms with Crippen LogP contribution in [0.2, 0.25) is 0 Å². The number of esters is 1. The summed E-state index contributed by atoms with van der Waals surface area (Å²) in [4.78, 5) is 39.1. The molecule has 15 heteroatoms. The molecule has 0 aromatic rings. The molecule has 0 bridgehead atoms. The highest BCUT2D eigenvalue weighted by molar-refractivity contribution is 5.86. The third-order valence-electron chi connectivity index (χ3n) is 6.05. The van der Waals surface area contributed by atoms with E-state index in [4.69, 9.17) is 20.9 Å². The lowest BCUT2D eigenvalue weighted by molar-refractivity contribution is -0.230. The molecule has 230 valence electrons. The van der Waals surface area contributed by atoms with Gasteiger partial charge in [-0.1, -0.05) is 64.7 Å². The van der Waals surface area contributed by atoms with E-state index in [0.29, 0.717) is 6.42 Å². The van der Waals surface area contributed by atoms with Gasteiger partial charge >= 0.3 is 24.2 Å². The minimum absolute atomic E-state index is 0.0872. The van der Waals surface area contributed by atoms with Gasteiger partial charge in [0.15, 0.2) is 5.96 Å². The number of aliphatic imine (C=N–C) groups is 1. The summed E-state index contributed by atoms with van der Waals surface area (Å²) in [7, 11) is 0. The molecule has 40 heavy (non-hydrogen) atoms. The summed E-state index contributed by atoms with van der Waals surface area (Å²) in [5.74, 6) is -5.30. The predicted molar refractivity (Wildman–Crippen MR) is 138 cm³/mol. The summed E-state index contributed by atoms with van der Waals surface area (Å²) < 4.78 is 52.6. The number of amides is 1. The Balaban J connectivity index is 2.75. The Labute approximate surface area is 231 Å². The number of hydrogen-bond donors (Lipinski definition) is 5. The highest BCUT2D eigenvalue weighted by Crippen LogP contribution is 2.29. The number of carbonyl (C=O) groups excluding carboxylic acids is 2. The van der Waals surface area contributed by atoms with Gasteiger partial charge in [0, 0.05) is 25.0 Å². The SMILES string of the molecule is CCCCCCCCCCCCNC(=O)O[C@@H](OC(=O)C(F)(F)F)C(O)CC1=C(C(=O)O)OCCC1N=C(N)N. The topological polar surface area (TPSA) is 196 Å². The number of carboxylic acids is 1. The molecule has 1 amide bonds. The Morgan fingerprint density at radius 1 is 1.05 bits per heavy atom. The molecule has 0 radical (unpaired) electrons. The van der Waals surface area contributed by atoms with Crippen molar-refractivity contribution in [2.75, 3.05) is 13.2 Å². The third kappa shape index (κ3) is 13.7. The monoisotopic (exact) mass is 582 g/mol. The third-order valence-corrected chi connectivity index (χ3v) is 6.05. The number of aliphatic hydroxyl groups excluding tert-OH is 1. The van der Waals surface area contributed by atoms with E-state index in [1.54, 1.807) is 0 Å². The van der Waals surface area contributed by atoms with Gasteiger partial charge in [-0.2, -0.15) is 13.2 Å². The van der Waals surface area contributed by atoms with Gasteiger partial charge in [0.1, 0.15) is 6.10 Å². The lowest BCUT2D eigenvalue weighted by Crippen LogP contribution is -2.43. The van der Waals surface area contributed by atoms with Crippen molar-refractivity contribution < 1.29 is 52.0 Å². The van der Waals surface area contributed by atoms with E-state index in [0.717, 1.165) is 25.7 Å². The van der Waals surface area contributed by atoms with Crippen molar-refractivity contribution in [2.45, 2.75) is 109 Å². The Morgan fingerprint density at radius 2 is 1.62 bits per heavy atom.